The molecule has 0 aliphatic carbocycles. The fourth-order valence-corrected chi connectivity index (χ4v) is 2.44. The zero-order chi connectivity index (χ0) is 18.7. The maximum absolute atomic E-state index is 11.2. The molecule has 0 aromatic rings. The number of amides is 1. The monoisotopic (exact) mass is 378 g/mol. The summed E-state index contributed by atoms with van der Waals surface area (Å²) in [6.07, 6.45) is -0.697. The Morgan fingerprint density at radius 1 is 1.04 bits per heavy atom. The lowest BCUT2D eigenvalue weighted by Crippen LogP contribution is -2.37. The second-order valence-electron chi connectivity index (χ2n) is 5.44. The summed E-state index contributed by atoms with van der Waals surface area (Å²) in [4.78, 5) is 11.1. The molecule has 0 saturated heterocycles. The predicted octanol–water partition coefficient (Wildman–Crippen LogP) is -1.12. The van der Waals surface area contributed by atoms with Crippen LogP contribution in [0.1, 0.15) is 33.6 Å². The van der Waals surface area contributed by atoms with Crippen LogP contribution in [0.15, 0.2) is 0 Å². The first-order chi connectivity index (χ1) is 10.2. The number of carbonyl (C=O) groups is 1. The number of nitrogens with two attached hydrogens (primary N) is 1. The topological polar surface area (TPSA) is 173 Å². The molecule has 0 heterocycles. The van der Waals surface area contributed by atoms with Crippen LogP contribution in [0.25, 0.3) is 0 Å². The molecule has 0 radical (unpaired) electrons. The summed E-state index contributed by atoms with van der Waals surface area (Å²) in [7, 11) is -7.05. The number of carbonyl (C=O) groups excluding carboxylic acids is 1. The van der Waals surface area contributed by atoms with E-state index in [1.54, 1.807) is 25.5 Å². The highest BCUT2D eigenvalue weighted by molar-refractivity contribution is 7.90. The summed E-state index contributed by atoms with van der Waals surface area (Å²) >= 11 is 0. The zero-order valence-electron chi connectivity index (χ0n) is 13.5. The normalized spacial score (nSPS) is 12.1. The summed E-state index contributed by atoms with van der Waals surface area (Å²) in [6, 6.07) is 0. The highest BCUT2D eigenvalue weighted by Crippen LogP contribution is 2.06. The van der Waals surface area contributed by atoms with E-state index < -0.39 is 31.7 Å². The van der Waals surface area contributed by atoms with E-state index in [2.05, 4.69) is 5.14 Å². The third-order valence-corrected chi connectivity index (χ3v) is 3.96. The Morgan fingerprint density at radius 3 is 1.78 bits per heavy atom. The Bertz CT molecular complexity index is 537. The molecule has 0 bridgehead atoms. The molecule has 0 spiro atoms. The van der Waals surface area contributed by atoms with Crippen LogP contribution in [-0.2, 0) is 24.8 Å². The van der Waals surface area contributed by atoms with E-state index in [1.807, 2.05) is 0 Å². The van der Waals surface area contributed by atoms with E-state index in [4.69, 9.17) is 14.9 Å². The minimum Gasteiger partial charge on any atom is -0.443 e. The number of sulfonamides is 2. The second kappa shape index (κ2) is 10.8. The molecule has 0 aliphatic rings. The van der Waals surface area contributed by atoms with Gasteiger partial charge in [0.25, 0.3) is 0 Å². The minimum atomic E-state index is -3.70. The quantitative estimate of drug-likeness (QED) is 0.431. The number of hydrogen-bond acceptors (Lipinski definition) is 8. The van der Waals surface area contributed by atoms with Crippen LogP contribution in [0.4, 0.5) is 4.79 Å². The predicted molar refractivity (Wildman–Crippen MR) is 84.5 cm³/mol. The van der Waals surface area contributed by atoms with Gasteiger partial charge in [0.05, 0.1) is 11.5 Å². The molecule has 0 aromatic heterocycles. The molecule has 0 saturated carbocycles. The number of aliphatic hydroxyl groups excluding tert-OH is 2. The Kier molecular flexibility index (Phi) is 11.4. The third-order valence-electron chi connectivity index (χ3n) is 1.80. The van der Waals surface area contributed by atoms with E-state index >= 15 is 0 Å². The van der Waals surface area contributed by atoms with E-state index in [-0.39, 0.29) is 37.6 Å². The molecule has 0 aromatic carbocycles. The van der Waals surface area contributed by atoms with Crippen molar-refractivity contribution in [1.29, 1.82) is 0 Å². The Morgan fingerprint density at radius 2 is 1.48 bits per heavy atom. The molecule has 23 heavy (non-hydrogen) atoms. The average Bonchev–Trinajstić information content (AvgIpc) is 2.30. The fourth-order valence-electron chi connectivity index (χ4n) is 0.997. The SMILES string of the molecule is CC(C)(C)OC(=O)NS(=O)(=O)CCCO.NS(=O)(=O)CCCO. The Labute approximate surface area is 137 Å². The Hall–Kier alpha value is -0.950. The smallest absolute Gasteiger partial charge is 0.421 e. The first kappa shape index (κ1) is 24.3. The van der Waals surface area contributed by atoms with Gasteiger partial charge in [-0.3, -0.25) is 0 Å². The zero-order valence-corrected chi connectivity index (χ0v) is 15.1. The highest BCUT2D eigenvalue weighted by Gasteiger charge is 2.20. The van der Waals surface area contributed by atoms with Crippen molar-refractivity contribution < 1.29 is 36.6 Å². The van der Waals surface area contributed by atoms with Crippen molar-refractivity contribution in [2.24, 2.45) is 5.14 Å². The van der Waals surface area contributed by atoms with Gasteiger partial charge in [-0.25, -0.2) is 31.5 Å². The number of rotatable bonds is 7. The molecule has 0 aliphatic heterocycles. The van der Waals surface area contributed by atoms with Gasteiger partial charge < -0.3 is 14.9 Å². The summed E-state index contributed by atoms with van der Waals surface area (Å²) in [5, 5.41) is 21.1. The van der Waals surface area contributed by atoms with Crippen LogP contribution >= 0.6 is 0 Å². The molecule has 0 fully saturated rings. The van der Waals surface area contributed by atoms with Gasteiger partial charge in [0, 0.05) is 13.2 Å². The number of aliphatic hydroxyl groups is 2. The van der Waals surface area contributed by atoms with Crippen molar-refractivity contribution in [2.45, 2.75) is 39.2 Å². The van der Waals surface area contributed by atoms with Gasteiger partial charge in [0.15, 0.2) is 0 Å². The largest absolute Gasteiger partial charge is 0.443 e. The van der Waals surface area contributed by atoms with Gasteiger partial charge in [-0.1, -0.05) is 0 Å². The van der Waals surface area contributed by atoms with Crippen LogP contribution < -0.4 is 9.86 Å². The van der Waals surface area contributed by atoms with Crippen molar-refractivity contribution in [3.8, 4) is 0 Å². The number of hydrogen-bond donors (Lipinski definition) is 4. The van der Waals surface area contributed by atoms with Crippen molar-refractivity contribution in [1.82, 2.24) is 4.72 Å². The van der Waals surface area contributed by atoms with Crippen molar-refractivity contribution >= 4 is 26.1 Å². The lowest BCUT2D eigenvalue weighted by molar-refractivity contribution is 0.0570. The van der Waals surface area contributed by atoms with E-state index in [9.17, 15) is 21.6 Å². The molecule has 0 atom stereocenters. The fraction of sp³-hybridized carbons (Fsp3) is 0.909. The first-order valence-corrected chi connectivity index (χ1v) is 10.0. The van der Waals surface area contributed by atoms with Gasteiger partial charge in [-0.05, 0) is 33.6 Å². The molecule has 140 valence electrons. The van der Waals surface area contributed by atoms with Gasteiger partial charge in [-0.2, -0.15) is 0 Å². The molecule has 0 unspecified atom stereocenters. The lowest BCUT2D eigenvalue weighted by atomic mass is 10.2. The molecular formula is C11H26N2O8S2. The standard InChI is InChI=1S/C8H17NO5S.C3H9NO3S/c1-8(2,3)14-7(11)9-15(12,13)6-4-5-10;4-8(6,7)3-1-2-5/h10H,4-6H2,1-3H3,(H,9,11);5H,1-3H2,(H2,4,6,7). The molecular weight excluding hydrogens is 352 g/mol. The molecule has 5 N–H and O–H groups in total. The number of ether oxygens (including phenoxy) is 1. The van der Waals surface area contributed by atoms with Crippen molar-refractivity contribution in [2.75, 3.05) is 24.7 Å². The van der Waals surface area contributed by atoms with Gasteiger partial charge in [-0.15, -0.1) is 0 Å². The van der Waals surface area contributed by atoms with Crippen LogP contribution in [0.5, 0.6) is 0 Å². The van der Waals surface area contributed by atoms with E-state index in [0.29, 0.717) is 0 Å². The van der Waals surface area contributed by atoms with E-state index in [1.165, 1.54) is 0 Å². The minimum absolute atomic E-state index is 0.0815. The summed E-state index contributed by atoms with van der Waals surface area (Å²) in [6.45, 7) is 4.53. The third kappa shape index (κ3) is 21.1. The molecule has 12 heteroatoms. The summed E-state index contributed by atoms with van der Waals surface area (Å²) in [5.41, 5.74) is -0.740. The summed E-state index contributed by atoms with van der Waals surface area (Å²) in [5.74, 6) is -0.438. The molecule has 10 nitrogen and oxygen atoms in total. The maximum atomic E-state index is 11.2. The lowest BCUT2D eigenvalue weighted by Gasteiger charge is -2.19. The highest BCUT2D eigenvalue weighted by atomic mass is 32.2. The van der Waals surface area contributed by atoms with Crippen molar-refractivity contribution in [3.63, 3.8) is 0 Å². The van der Waals surface area contributed by atoms with Crippen LogP contribution in [-0.4, -0.2) is 63.5 Å². The molecule has 1 amide bonds. The van der Waals surface area contributed by atoms with Crippen LogP contribution in [0.3, 0.4) is 0 Å². The maximum Gasteiger partial charge on any atom is 0.421 e. The number of primary sulfonamides is 1. The van der Waals surface area contributed by atoms with Gasteiger partial charge in [0.1, 0.15) is 5.60 Å². The second-order valence-corrected chi connectivity index (χ2v) is 9.02. The van der Waals surface area contributed by atoms with Gasteiger partial charge >= 0.3 is 6.09 Å². The number of nitrogens with one attached hydrogen (secondary N) is 1. The Balaban J connectivity index is 0. The van der Waals surface area contributed by atoms with Gasteiger partial charge in [0.2, 0.25) is 20.0 Å². The average molecular weight is 378 g/mol. The first-order valence-electron chi connectivity index (χ1n) is 6.68. The van der Waals surface area contributed by atoms with Crippen LogP contribution in [0.2, 0.25) is 0 Å². The van der Waals surface area contributed by atoms with E-state index in [0.717, 1.165) is 0 Å². The summed E-state index contributed by atoms with van der Waals surface area (Å²) < 4.78 is 48.9. The van der Waals surface area contributed by atoms with Crippen molar-refractivity contribution in [3.05, 3.63) is 0 Å². The van der Waals surface area contributed by atoms with Crippen LogP contribution in [0, 0.1) is 0 Å². The molecule has 0 rings (SSSR count).